The van der Waals surface area contributed by atoms with Gasteiger partial charge in [0.2, 0.25) is 0 Å². The van der Waals surface area contributed by atoms with Gasteiger partial charge in [0.1, 0.15) is 17.0 Å². The predicted molar refractivity (Wildman–Crippen MR) is 141 cm³/mol. The van der Waals surface area contributed by atoms with Gasteiger partial charge in [-0.2, -0.15) is 5.10 Å². The van der Waals surface area contributed by atoms with E-state index in [2.05, 4.69) is 35.0 Å². The van der Waals surface area contributed by atoms with Crippen molar-refractivity contribution in [2.45, 2.75) is 38.2 Å². The SMILES string of the molecule is Fc1c(-c2cncc(CN3CCC(F)(F)C3)c2)cnc2[nH]nc(-c3nc4c(N5CCCCC5)ccnc4[nH]3)c12. The quantitative estimate of drug-likeness (QED) is 0.330. The highest BCUT2D eigenvalue weighted by Crippen LogP contribution is 2.35. The fraction of sp³-hybridized carbons (Fsp3) is 0.370. The van der Waals surface area contributed by atoms with Crippen molar-refractivity contribution < 1.29 is 13.2 Å². The minimum atomic E-state index is -2.68. The molecule has 2 aliphatic rings. The summed E-state index contributed by atoms with van der Waals surface area (Å²) in [6, 6.07) is 3.73. The summed E-state index contributed by atoms with van der Waals surface area (Å²) in [6.07, 6.45) is 9.67. The van der Waals surface area contributed by atoms with Gasteiger partial charge in [-0.1, -0.05) is 0 Å². The van der Waals surface area contributed by atoms with Crippen molar-refractivity contribution in [3.05, 3.63) is 48.3 Å². The van der Waals surface area contributed by atoms with Crippen molar-refractivity contribution in [1.29, 1.82) is 0 Å². The van der Waals surface area contributed by atoms with Crippen LogP contribution in [0.1, 0.15) is 31.2 Å². The van der Waals surface area contributed by atoms with Crippen molar-refractivity contribution in [2.24, 2.45) is 0 Å². The summed E-state index contributed by atoms with van der Waals surface area (Å²) in [4.78, 5) is 25.1. The van der Waals surface area contributed by atoms with Crippen LogP contribution in [-0.4, -0.2) is 72.1 Å². The first kappa shape index (κ1) is 24.0. The lowest BCUT2D eigenvalue weighted by Crippen LogP contribution is -2.29. The number of aromatic amines is 2. The van der Waals surface area contributed by atoms with E-state index in [0.29, 0.717) is 41.5 Å². The number of pyridine rings is 3. The number of fused-ring (bicyclic) bond motifs is 2. The number of halogens is 3. The molecule has 0 aliphatic carbocycles. The van der Waals surface area contributed by atoms with Gasteiger partial charge < -0.3 is 9.88 Å². The van der Waals surface area contributed by atoms with Gasteiger partial charge in [0.25, 0.3) is 5.92 Å². The molecule has 7 heterocycles. The summed E-state index contributed by atoms with van der Waals surface area (Å²) in [5.41, 5.74) is 4.41. The number of imidazole rings is 1. The number of aromatic nitrogens is 7. The Kier molecular flexibility index (Phi) is 5.72. The number of piperidine rings is 1. The third kappa shape index (κ3) is 4.38. The van der Waals surface area contributed by atoms with Crippen molar-refractivity contribution in [2.75, 3.05) is 31.1 Å². The molecular weight excluding hydrogens is 507 g/mol. The molecule has 2 N–H and O–H groups in total. The molecule has 12 heteroatoms. The lowest BCUT2D eigenvalue weighted by molar-refractivity contribution is 0.0115. The average molecular weight is 534 g/mol. The number of nitrogens with one attached hydrogen (secondary N) is 2. The minimum absolute atomic E-state index is 0.157. The van der Waals surface area contributed by atoms with Gasteiger partial charge >= 0.3 is 0 Å². The van der Waals surface area contributed by atoms with Gasteiger partial charge in [-0.05, 0) is 37.0 Å². The van der Waals surface area contributed by atoms with Gasteiger partial charge in [0, 0.05) is 68.5 Å². The lowest BCUT2D eigenvalue weighted by atomic mass is 10.0. The molecule has 0 saturated carbocycles. The summed E-state index contributed by atoms with van der Waals surface area (Å²) in [5, 5.41) is 7.36. The van der Waals surface area contributed by atoms with E-state index >= 15 is 4.39 Å². The molecule has 0 radical (unpaired) electrons. The molecule has 5 aromatic rings. The Hall–Kier alpha value is -4.06. The van der Waals surface area contributed by atoms with E-state index in [0.717, 1.165) is 42.7 Å². The van der Waals surface area contributed by atoms with E-state index in [1.165, 1.54) is 12.6 Å². The molecule has 0 unspecified atom stereocenters. The molecule has 9 nitrogen and oxygen atoms in total. The van der Waals surface area contributed by atoms with E-state index in [-0.39, 0.29) is 23.9 Å². The van der Waals surface area contributed by atoms with Gasteiger partial charge in [-0.25, -0.2) is 28.1 Å². The van der Waals surface area contributed by atoms with Gasteiger partial charge in [0.15, 0.2) is 17.1 Å². The molecule has 0 spiro atoms. The Labute approximate surface area is 221 Å². The van der Waals surface area contributed by atoms with Crippen LogP contribution in [0.5, 0.6) is 0 Å². The summed E-state index contributed by atoms with van der Waals surface area (Å²) in [7, 11) is 0. The predicted octanol–water partition coefficient (Wildman–Crippen LogP) is 4.93. The van der Waals surface area contributed by atoms with Crippen LogP contribution in [0.2, 0.25) is 0 Å². The van der Waals surface area contributed by atoms with Gasteiger partial charge in [-0.15, -0.1) is 0 Å². The maximum atomic E-state index is 16.1. The summed E-state index contributed by atoms with van der Waals surface area (Å²) >= 11 is 0. The van der Waals surface area contributed by atoms with Crippen LogP contribution < -0.4 is 4.90 Å². The molecule has 0 bridgehead atoms. The third-order valence-corrected chi connectivity index (χ3v) is 7.57. The number of hydrogen-bond acceptors (Lipinski definition) is 7. The Balaban J connectivity index is 1.25. The van der Waals surface area contributed by atoms with E-state index in [9.17, 15) is 8.78 Å². The van der Waals surface area contributed by atoms with Crippen molar-refractivity contribution >= 4 is 27.9 Å². The fourth-order valence-electron chi connectivity index (χ4n) is 5.65. The van der Waals surface area contributed by atoms with Crippen LogP contribution in [0.4, 0.5) is 18.9 Å². The largest absolute Gasteiger partial charge is 0.370 e. The Morgan fingerprint density at radius 1 is 1.00 bits per heavy atom. The zero-order valence-corrected chi connectivity index (χ0v) is 21.1. The first-order valence-electron chi connectivity index (χ1n) is 13.1. The number of hydrogen-bond donors (Lipinski definition) is 2. The summed E-state index contributed by atoms with van der Waals surface area (Å²) < 4.78 is 43.4. The summed E-state index contributed by atoms with van der Waals surface area (Å²) in [6.45, 7) is 2.26. The van der Waals surface area contributed by atoms with Crippen LogP contribution in [0, 0.1) is 5.82 Å². The zero-order chi connectivity index (χ0) is 26.6. The number of anilines is 1. The fourth-order valence-corrected chi connectivity index (χ4v) is 5.65. The minimum Gasteiger partial charge on any atom is -0.370 e. The second-order valence-electron chi connectivity index (χ2n) is 10.3. The molecule has 0 atom stereocenters. The van der Waals surface area contributed by atoms with Crippen molar-refractivity contribution in [1.82, 2.24) is 40.0 Å². The van der Waals surface area contributed by atoms with Crippen LogP contribution in [0.25, 0.3) is 44.8 Å². The molecule has 0 amide bonds. The zero-order valence-electron chi connectivity index (χ0n) is 21.1. The molecule has 2 saturated heterocycles. The first-order chi connectivity index (χ1) is 18.9. The van der Waals surface area contributed by atoms with E-state index in [1.807, 2.05) is 6.07 Å². The average Bonchev–Trinajstić information content (AvgIpc) is 3.65. The number of alkyl halides is 2. The Bertz CT molecular complexity index is 1670. The standard InChI is InChI=1S/C27H26F3N9/c28-21-18(17-10-16(11-31-12-17)14-38-9-5-27(29,30)15-38)13-33-24-20(21)23(36-37-24)26-34-22-19(4-6-32-25(22)35-26)39-7-2-1-3-8-39/h4,6,10-13H,1-3,5,7-9,14-15H2,(H,32,34,35)(H,33,36,37). The number of rotatable bonds is 5. The van der Waals surface area contributed by atoms with Crippen LogP contribution in [0.15, 0.2) is 36.9 Å². The number of H-pyrrole nitrogens is 2. The number of likely N-dealkylation sites (tertiary alicyclic amines) is 1. The summed E-state index contributed by atoms with van der Waals surface area (Å²) in [5.74, 6) is -2.79. The monoisotopic (exact) mass is 533 g/mol. The van der Waals surface area contributed by atoms with E-state index < -0.39 is 11.7 Å². The molecular formula is C27H26F3N9. The smallest absolute Gasteiger partial charge is 0.261 e. The molecule has 2 fully saturated rings. The number of nitrogens with zero attached hydrogens (tertiary/aromatic N) is 7. The normalized spacial score (nSPS) is 18.0. The maximum Gasteiger partial charge on any atom is 0.261 e. The van der Waals surface area contributed by atoms with Crippen molar-refractivity contribution in [3.8, 4) is 22.6 Å². The first-order valence-corrected chi connectivity index (χ1v) is 13.1. The highest BCUT2D eigenvalue weighted by Gasteiger charge is 2.38. The second-order valence-corrected chi connectivity index (χ2v) is 10.3. The molecule has 7 rings (SSSR count). The Morgan fingerprint density at radius 3 is 2.69 bits per heavy atom. The highest BCUT2D eigenvalue weighted by atomic mass is 19.3. The van der Waals surface area contributed by atoms with Crippen LogP contribution in [-0.2, 0) is 6.54 Å². The molecule has 5 aromatic heterocycles. The van der Waals surface area contributed by atoms with E-state index in [1.54, 1.807) is 29.6 Å². The molecule has 200 valence electrons. The highest BCUT2D eigenvalue weighted by molar-refractivity contribution is 5.95. The third-order valence-electron chi connectivity index (χ3n) is 7.57. The molecule has 2 aliphatic heterocycles. The topological polar surface area (TPSA) is 103 Å². The van der Waals surface area contributed by atoms with E-state index in [4.69, 9.17) is 4.98 Å². The van der Waals surface area contributed by atoms with Crippen LogP contribution >= 0.6 is 0 Å². The van der Waals surface area contributed by atoms with Gasteiger partial charge in [-0.3, -0.25) is 15.0 Å². The molecule has 39 heavy (non-hydrogen) atoms. The van der Waals surface area contributed by atoms with Gasteiger partial charge in [0.05, 0.1) is 17.6 Å². The maximum absolute atomic E-state index is 16.1. The van der Waals surface area contributed by atoms with Crippen LogP contribution in [0.3, 0.4) is 0 Å². The van der Waals surface area contributed by atoms with Crippen molar-refractivity contribution in [3.63, 3.8) is 0 Å². The Morgan fingerprint density at radius 2 is 1.87 bits per heavy atom. The molecule has 0 aromatic carbocycles. The lowest BCUT2D eigenvalue weighted by Gasteiger charge is -2.28. The second kappa shape index (κ2) is 9.30.